The molecule has 2 atom stereocenters. The fraction of sp³-hybridized carbons (Fsp3) is 0.370. The SMILES string of the molecule is Cc1nc(-c2ccc(-c3ccc(NC(=O)[C@@H]4CCCN4C(=O)[C@@H](C)C(C)C)cc3)cc2)c[nH]1. The van der Waals surface area contributed by atoms with Crippen LogP contribution in [0, 0.1) is 18.8 Å². The number of imidazole rings is 1. The highest BCUT2D eigenvalue weighted by Gasteiger charge is 2.36. The molecule has 2 heterocycles. The maximum absolute atomic E-state index is 12.9. The van der Waals surface area contributed by atoms with Crippen molar-refractivity contribution >= 4 is 17.5 Å². The molecule has 3 aromatic rings. The Morgan fingerprint density at radius 2 is 1.61 bits per heavy atom. The van der Waals surface area contributed by atoms with E-state index in [2.05, 4.69) is 39.6 Å². The second-order valence-corrected chi connectivity index (χ2v) is 9.24. The van der Waals surface area contributed by atoms with E-state index in [1.165, 1.54) is 0 Å². The minimum atomic E-state index is -0.392. The highest BCUT2D eigenvalue weighted by molar-refractivity contribution is 5.98. The Bertz CT molecular complexity index is 1120. The van der Waals surface area contributed by atoms with Crippen molar-refractivity contribution < 1.29 is 9.59 Å². The molecule has 33 heavy (non-hydrogen) atoms. The summed E-state index contributed by atoms with van der Waals surface area (Å²) in [6, 6.07) is 15.7. The summed E-state index contributed by atoms with van der Waals surface area (Å²) >= 11 is 0. The second kappa shape index (κ2) is 9.61. The Kier molecular flexibility index (Phi) is 6.63. The number of aromatic amines is 1. The monoisotopic (exact) mass is 444 g/mol. The zero-order chi connectivity index (χ0) is 23.5. The topological polar surface area (TPSA) is 78.1 Å². The van der Waals surface area contributed by atoms with E-state index in [4.69, 9.17) is 0 Å². The first-order valence-corrected chi connectivity index (χ1v) is 11.7. The van der Waals surface area contributed by atoms with E-state index in [0.717, 1.165) is 40.3 Å². The average molecular weight is 445 g/mol. The van der Waals surface area contributed by atoms with Crippen LogP contribution in [0.25, 0.3) is 22.4 Å². The van der Waals surface area contributed by atoms with Gasteiger partial charge in [-0.3, -0.25) is 9.59 Å². The standard InChI is InChI=1S/C27H32N4O2/c1-17(2)18(3)27(33)31-15-5-6-25(31)26(32)30-23-13-11-21(12-14-23)20-7-9-22(10-8-20)24-16-28-19(4)29-24/h7-14,16-18,25H,5-6,15H2,1-4H3,(H,28,29)(H,30,32)/t18-,25-/m0/s1. The first kappa shape index (κ1) is 22.8. The van der Waals surface area contributed by atoms with Gasteiger partial charge in [0, 0.05) is 29.9 Å². The molecule has 4 rings (SSSR count). The van der Waals surface area contributed by atoms with Crippen LogP contribution in [-0.2, 0) is 9.59 Å². The van der Waals surface area contributed by atoms with Crippen LogP contribution in [0.4, 0.5) is 5.69 Å². The van der Waals surface area contributed by atoms with Gasteiger partial charge in [-0.15, -0.1) is 0 Å². The van der Waals surface area contributed by atoms with Crippen molar-refractivity contribution in [3.05, 3.63) is 60.6 Å². The van der Waals surface area contributed by atoms with Crippen molar-refractivity contribution in [2.45, 2.75) is 46.6 Å². The van der Waals surface area contributed by atoms with Gasteiger partial charge in [-0.1, -0.05) is 57.2 Å². The summed E-state index contributed by atoms with van der Waals surface area (Å²) in [5, 5.41) is 3.00. The Morgan fingerprint density at radius 3 is 2.18 bits per heavy atom. The summed E-state index contributed by atoms with van der Waals surface area (Å²) in [7, 11) is 0. The molecule has 172 valence electrons. The van der Waals surface area contributed by atoms with Crippen molar-refractivity contribution in [2.24, 2.45) is 11.8 Å². The van der Waals surface area contributed by atoms with Gasteiger partial charge in [-0.25, -0.2) is 4.98 Å². The molecular formula is C27H32N4O2. The number of hydrogen-bond acceptors (Lipinski definition) is 3. The number of H-pyrrole nitrogens is 1. The van der Waals surface area contributed by atoms with Gasteiger partial charge in [0.05, 0.1) is 5.69 Å². The molecule has 0 bridgehead atoms. The molecule has 1 fully saturated rings. The third kappa shape index (κ3) is 5.00. The Labute approximate surface area is 195 Å². The lowest BCUT2D eigenvalue weighted by Crippen LogP contribution is -2.46. The molecule has 0 aliphatic carbocycles. The van der Waals surface area contributed by atoms with Crippen LogP contribution in [0.1, 0.15) is 39.4 Å². The molecule has 1 saturated heterocycles. The van der Waals surface area contributed by atoms with Gasteiger partial charge in [0.1, 0.15) is 11.9 Å². The number of amides is 2. The number of carbonyl (C=O) groups excluding carboxylic acids is 2. The van der Waals surface area contributed by atoms with Crippen LogP contribution in [0.2, 0.25) is 0 Å². The van der Waals surface area contributed by atoms with Crippen molar-refractivity contribution in [1.82, 2.24) is 14.9 Å². The van der Waals surface area contributed by atoms with Gasteiger partial charge >= 0.3 is 0 Å². The molecule has 2 amide bonds. The van der Waals surface area contributed by atoms with Gasteiger partial charge in [0.25, 0.3) is 0 Å². The lowest BCUT2D eigenvalue weighted by molar-refractivity contribution is -0.140. The minimum Gasteiger partial charge on any atom is -0.348 e. The Morgan fingerprint density at radius 1 is 1.00 bits per heavy atom. The molecule has 1 aliphatic heterocycles. The van der Waals surface area contributed by atoms with Crippen molar-refractivity contribution in [3.63, 3.8) is 0 Å². The van der Waals surface area contributed by atoms with Crippen LogP contribution >= 0.6 is 0 Å². The van der Waals surface area contributed by atoms with Crippen LogP contribution in [0.3, 0.4) is 0 Å². The van der Waals surface area contributed by atoms with Gasteiger partial charge < -0.3 is 15.2 Å². The molecular weight excluding hydrogens is 412 g/mol. The van der Waals surface area contributed by atoms with E-state index in [0.29, 0.717) is 13.0 Å². The fourth-order valence-electron chi connectivity index (χ4n) is 4.22. The number of aromatic nitrogens is 2. The summed E-state index contributed by atoms with van der Waals surface area (Å²) in [6.45, 7) is 8.62. The third-order valence-corrected chi connectivity index (χ3v) is 6.60. The van der Waals surface area contributed by atoms with Crippen molar-refractivity contribution in [3.8, 4) is 22.4 Å². The maximum Gasteiger partial charge on any atom is 0.247 e. The van der Waals surface area contributed by atoms with E-state index >= 15 is 0 Å². The predicted octanol–water partition coefficient (Wildman–Crippen LogP) is 5.27. The molecule has 0 saturated carbocycles. The number of anilines is 1. The molecule has 0 radical (unpaired) electrons. The number of aryl methyl sites for hydroxylation is 1. The van der Waals surface area contributed by atoms with Crippen LogP contribution < -0.4 is 5.32 Å². The van der Waals surface area contributed by atoms with Gasteiger partial charge in [0.15, 0.2) is 0 Å². The zero-order valence-electron chi connectivity index (χ0n) is 19.8. The molecule has 1 aliphatic rings. The van der Waals surface area contributed by atoms with Gasteiger partial charge in [-0.05, 0) is 48.9 Å². The van der Waals surface area contributed by atoms with Crippen LogP contribution in [-0.4, -0.2) is 39.3 Å². The Hall–Kier alpha value is -3.41. The summed E-state index contributed by atoms with van der Waals surface area (Å²) in [4.78, 5) is 35.1. The number of hydrogen-bond donors (Lipinski definition) is 2. The Balaban J connectivity index is 1.41. The second-order valence-electron chi connectivity index (χ2n) is 9.24. The van der Waals surface area contributed by atoms with E-state index in [1.54, 1.807) is 4.90 Å². The van der Waals surface area contributed by atoms with Gasteiger partial charge in [0.2, 0.25) is 11.8 Å². The van der Waals surface area contributed by atoms with Crippen LogP contribution in [0.15, 0.2) is 54.7 Å². The summed E-state index contributed by atoms with van der Waals surface area (Å²) in [5.41, 5.74) is 4.90. The fourth-order valence-corrected chi connectivity index (χ4v) is 4.22. The van der Waals surface area contributed by atoms with E-state index in [-0.39, 0.29) is 23.7 Å². The zero-order valence-corrected chi connectivity index (χ0v) is 19.8. The van der Waals surface area contributed by atoms with Crippen LogP contribution in [0.5, 0.6) is 0 Å². The number of benzene rings is 2. The normalized spacial score (nSPS) is 16.8. The largest absolute Gasteiger partial charge is 0.348 e. The number of nitrogens with one attached hydrogen (secondary N) is 2. The third-order valence-electron chi connectivity index (χ3n) is 6.60. The molecule has 6 heteroatoms. The number of carbonyl (C=O) groups is 2. The molecule has 0 spiro atoms. The van der Waals surface area contributed by atoms with Crippen molar-refractivity contribution in [1.29, 1.82) is 0 Å². The average Bonchev–Trinajstić information content (AvgIpc) is 3.48. The lowest BCUT2D eigenvalue weighted by Gasteiger charge is -2.28. The number of nitrogens with zero attached hydrogens (tertiary/aromatic N) is 2. The van der Waals surface area contributed by atoms with Crippen molar-refractivity contribution in [2.75, 3.05) is 11.9 Å². The number of rotatable bonds is 6. The first-order chi connectivity index (χ1) is 15.8. The maximum atomic E-state index is 12.9. The molecule has 6 nitrogen and oxygen atoms in total. The highest BCUT2D eigenvalue weighted by Crippen LogP contribution is 2.27. The quantitative estimate of drug-likeness (QED) is 0.543. The minimum absolute atomic E-state index is 0.0754. The van der Waals surface area contributed by atoms with Gasteiger partial charge in [-0.2, -0.15) is 0 Å². The van der Waals surface area contributed by atoms with E-state index in [1.807, 2.05) is 58.2 Å². The van der Waals surface area contributed by atoms with E-state index in [9.17, 15) is 9.59 Å². The lowest BCUT2D eigenvalue weighted by atomic mass is 9.96. The van der Waals surface area contributed by atoms with E-state index < -0.39 is 6.04 Å². The summed E-state index contributed by atoms with van der Waals surface area (Å²) in [6.07, 6.45) is 3.48. The summed E-state index contributed by atoms with van der Waals surface area (Å²) < 4.78 is 0. The predicted molar refractivity (Wildman–Crippen MR) is 132 cm³/mol. The molecule has 2 N–H and O–H groups in total. The molecule has 2 aromatic carbocycles. The summed E-state index contributed by atoms with van der Waals surface area (Å²) in [5.74, 6) is 1.04. The molecule has 0 unspecified atom stereocenters. The first-order valence-electron chi connectivity index (χ1n) is 11.7. The number of likely N-dealkylation sites (tertiary alicyclic amines) is 1. The molecule has 1 aromatic heterocycles. The smallest absolute Gasteiger partial charge is 0.247 e. The highest BCUT2D eigenvalue weighted by atomic mass is 16.2.